The number of aromatic amines is 1. The van der Waals surface area contributed by atoms with Gasteiger partial charge in [-0.3, -0.25) is 0 Å². The van der Waals surface area contributed by atoms with E-state index in [0.717, 1.165) is 22.6 Å². The molecular weight excluding hydrogens is 272 g/mol. The number of imidazole rings is 1. The molecule has 3 nitrogen and oxygen atoms in total. The standard InChI is InChI=1S/C19H22N2O/c1-12(2)15-8-10-16(11-9-15)22-14(4)19-20-17-7-5-6-13(3)18(17)21-19/h5-12,14H,1-4H3,(H,20,21). The van der Waals surface area contributed by atoms with Crippen LogP contribution in [0.3, 0.4) is 0 Å². The summed E-state index contributed by atoms with van der Waals surface area (Å²) in [5.41, 5.74) is 4.57. The summed E-state index contributed by atoms with van der Waals surface area (Å²) in [4.78, 5) is 8.02. The third-order valence-electron chi connectivity index (χ3n) is 3.98. The minimum atomic E-state index is -0.114. The summed E-state index contributed by atoms with van der Waals surface area (Å²) in [6, 6.07) is 14.5. The van der Waals surface area contributed by atoms with Crippen molar-refractivity contribution in [3.05, 3.63) is 59.4 Å². The zero-order valence-electron chi connectivity index (χ0n) is 13.6. The molecule has 0 bridgehead atoms. The molecule has 0 saturated heterocycles. The highest BCUT2D eigenvalue weighted by Crippen LogP contribution is 2.25. The molecule has 114 valence electrons. The molecule has 0 aliphatic carbocycles. The Balaban J connectivity index is 1.80. The average molecular weight is 294 g/mol. The van der Waals surface area contributed by atoms with E-state index in [1.807, 2.05) is 31.2 Å². The predicted octanol–water partition coefficient (Wildman–Crippen LogP) is 5.13. The largest absolute Gasteiger partial charge is 0.483 e. The Morgan fingerprint density at radius 3 is 2.36 bits per heavy atom. The molecule has 3 aromatic rings. The van der Waals surface area contributed by atoms with Gasteiger partial charge in [0.15, 0.2) is 6.10 Å². The maximum absolute atomic E-state index is 6.01. The van der Waals surface area contributed by atoms with E-state index < -0.39 is 0 Å². The van der Waals surface area contributed by atoms with Gasteiger partial charge in [-0.2, -0.15) is 0 Å². The highest BCUT2D eigenvalue weighted by atomic mass is 16.5. The number of aromatic nitrogens is 2. The number of hydrogen-bond acceptors (Lipinski definition) is 2. The van der Waals surface area contributed by atoms with Crippen LogP contribution in [0.15, 0.2) is 42.5 Å². The lowest BCUT2D eigenvalue weighted by atomic mass is 10.0. The molecule has 3 rings (SSSR count). The Labute approximate surface area is 131 Å². The molecule has 2 aromatic carbocycles. The number of rotatable bonds is 4. The molecule has 22 heavy (non-hydrogen) atoms. The highest BCUT2D eigenvalue weighted by molar-refractivity contribution is 5.78. The lowest BCUT2D eigenvalue weighted by molar-refractivity contribution is 0.218. The molecule has 1 unspecified atom stereocenters. The van der Waals surface area contributed by atoms with E-state index in [1.165, 1.54) is 11.1 Å². The number of nitrogens with one attached hydrogen (secondary N) is 1. The molecule has 3 heteroatoms. The number of benzene rings is 2. The van der Waals surface area contributed by atoms with E-state index in [4.69, 9.17) is 4.74 Å². The molecule has 1 heterocycles. The molecule has 0 aliphatic heterocycles. The third-order valence-corrected chi connectivity index (χ3v) is 3.98. The first-order valence-electron chi connectivity index (χ1n) is 7.76. The SMILES string of the molecule is Cc1cccc2[nH]c(C(C)Oc3ccc(C(C)C)cc3)nc12. The normalized spacial score (nSPS) is 12.8. The Hall–Kier alpha value is -2.29. The lowest BCUT2D eigenvalue weighted by Gasteiger charge is -2.13. The van der Waals surface area contributed by atoms with E-state index in [1.54, 1.807) is 0 Å². The van der Waals surface area contributed by atoms with Crippen LogP contribution in [0.1, 0.15) is 49.7 Å². The number of H-pyrrole nitrogens is 1. The van der Waals surface area contributed by atoms with E-state index in [2.05, 4.69) is 48.9 Å². The number of ether oxygens (including phenoxy) is 1. The second kappa shape index (κ2) is 5.84. The molecular formula is C19H22N2O. The smallest absolute Gasteiger partial charge is 0.153 e. The van der Waals surface area contributed by atoms with Gasteiger partial charge >= 0.3 is 0 Å². The van der Waals surface area contributed by atoms with Crippen LogP contribution in [0.4, 0.5) is 0 Å². The molecule has 0 fully saturated rings. The van der Waals surface area contributed by atoms with Crippen molar-refractivity contribution in [1.82, 2.24) is 9.97 Å². The maximum Gasteiger partial charge on any atom is 0.153 e. The van der Waals surface area contributed by atoms with Gasteiger partial charge in [-0.25, -0.2) is 4.98 Å². The van der Waals surface area contributed by atoms with Crippen LogP contribution in [0, 0.1) is 6.92 Å². The molecule has 1 atom stereocenters. The molecule has 0 spiro atoms. The van der Waals surface area contributed by atoms with Gasteiger partial charge in [0, 0.05) is 0 Å². The summed E-state index contributed by atoms with van der Waals surface area (Å²) in [6.07, 6.45) is -0.114. The fourth-order valence-corrected chi connectivity index (χ4v) is 2.58. The highest BCUT2D eigenvalue weighted by Gasteiger charge is 2.13. The summed E-state index contributed by atoms with van der Waals surface area (Å²) >= 11 is 0. The summed E-state index contributed by atoms with van der Waals surface area (Å²) in [6.45, 7) is 8.47. The number of hydrogen-bond donors (Lipinski definition) is 1. The Morgan fingerprint density at radius 2 is 1.73 bits per heavy atom. The van der Waals surface area contributed by atoms with Gasteiger partial charge in [0.1, 0.15) is 11.6 Å². The zero-order chi connectivity index (χ0) is 15.7. The van der Waals surface area contributed by atoms with Crippen molar-refractivity contribution in [3.63, 3.8) is 0 Å². The Bertz CT molecular complexity index is 772. The molecule has 0 saturated carbocycles. The third kappa shape index (κ3) is 2.84. The molecule has 0 aliphatic rings. The van der Waals surface area contributed by atoms with Crippen LogP contribution in [-0.4, -0.2) is 9.97 Å². The molecule has 0 radical (unpaired) electrons. The van der Waals surface area contributed by atoms with Gasteiger partial charge < -0.3 is 9.72 Å². The molecule has 1 N–H and O–H groups in total. The second-order valence-electron chi connectivity index (χ2n) is 6.08. The van der Waals surface area contributed by atoms with Crippen molar-refractivity contribution < 1.29 is 4.74 Å². The number of fused-ring (bicyclic) bond motifs is 1. The zero-order valence-corrected chi connectivity index (χ0v) is 13.6. The van der Waals surface area contributed by atoms with E-state index in [-0.39, 0.29) is 6.10 Å². The first-order valence-corrected chi connectivity index (χ1v) is 7.76. The summed E-state index contributed by atoms with van der Waals surface area (Å²) in [5.74, 6) is 2.26. The number of nitrogens with zero attached hydrogens (tertiary/aromatic N) is 1. The molecule has 0 amide bonds. The van der Waals surface area contributed by atoms with Crippen LogP contribution in [0.5, 0.6) is 5.75 Å². The fourth-order valence-electron chi connectivity index (χ4n) is 2.58. The fraction of sp³-hybridized carbons (Fsp3) is 0.316. The first-order chi connectivity index (χ1) is 10.5. The van der Waals surface area contributed by atoms with Crippen LogP contribution < -0.4 is 4.74 Å². The Morgan fingerprint density at radius 1 is 1.00 bits per heavy atom. The average Bonchev–Trinajstić information content (AvgIpc) is 2.93. The van der Waals surface area contributed by atoms with E-state index >= 15 is 0 Å². The van der Waals surface area contributed by atoms with Crippen molar-refractivity contribution in [2.45, 2.75) is 39.7 Å². The van der Waals surface area contributed by atoms with Crippen molar-refractivity contribution in [2.24, 2.45) is 0 Å². The van der Waals surface area contributed by atoms with Gasteiger partial charge in [-0.05, 0) is 49.1 Å². The van der Waals surface area contributed by atoms with Gasteiger partial charge in [-0.15, -0.1) is 0 Å². The van der Waals surface area contributed by atoms with E-state index in [0.29, 0.717) is 5.92 Å². The minimum Gasteiger partial charge on any atom is -0.483 e. The topological polar surface area (TPSA) is 37.9 Å². The number of aryl methyl sites for hydroxylation is 1. The monoisotopic (exact) mass is 294 g/mol. The quantitative estimate of drug-likeness (QED) is 0.724. The van der Waals surface area contributed by atoms with Crippen molar-refractivity contribution in [3.8, 4) is 5.75 Å². The Kier molecular flexibility index (Phi) is 3.88. The van der Waals surface area contributed by atoms with Crippen LogP contribution in [0.25, 0.3) is 11.0 Å². The van der Waals surface area contributed by atoms with Gasteiger partial charge in [0.2, 0.25) is 0 Å². The van der Waals surface area contributed by atoms with Crippen LogP contribution in [-0.2, 0) is 0 Å². The van der Waals surface area contributed by atoms with Crippen LogP contribution >= 0.6 is 0 Å². The van der Waals surface area contributed by atoms with Crippen molar-refractivity contribution >= 4 is 11.0 Å². The predicted molar refractivity (Wildman–Crippen MR) is 90.4 cm³/mol. The first kappa shape index (κ1) is 14.6. The maximum atomic E-state index is 6.01. The lowest BCUT2D eigenvalue weighted by Crippen LogP contribution is -2.05. The van der Waals surface area contributed by atoms with Gasteiger partial charge in [-0.1, -0.05) is 38.1 Å². The molecule has 1 aromatic heterocycles. The van der Waals surface area contributed by atoms with Crippen LogP contribution in [0.2, 0.25) is 0 Å². The second-order valence-corrected chi connectivity index (χ2v) is 6.08. The summed E-state index contributed by atoms with van der Waals surface area (Å²) in [7, 11) is 0. The van der Waals surface area contributed by atoms with E-state index in [9.17, 15) is 0 Å². The minimum absolute atomic E-state index is 0.114. The summed E-state index contributed by atoms with van der Waals surface area (Å²) < 4.78 is 6.01. The summed E-state index contributed by atoms with van der Waals surface area (Å²) in [5, 5.41) is 0. The van der Waals surface area contributed by atoms with Gasteiger partial charge in [0.25, 0.3) is 0 Å². The van der Waals surface area contributed by atoms with Crippen molar-refractivity contribution in [1.29, 1.82) is 0 Å². The van der Waals surface area contributed by atoms with Crippen molar-refractivity contribution in [2.75, 3.05) is 0 Å². The van der Waals surface area contributed by atoms with Gasteiger partial charge in [0.05, 0.1) is 11.0 Å². The number of para-hydroxylation sites is 1.